The van der Waals surface area contributed by atoms with Crippen molar-refractivity contribution in [2.75, 3.05) is 0 Å². The summed E-state index contributed by atoms with van der Waals surface area (Å²) in [4.78, 5) is 0. The second-order valence-corrected chi connectivity index (χ2v) is 2.01. The number of halogens is 1. The Kier molecular flexibility index (Phi) is 0.618. The fourth-order valence-electron chi connectivity index (χ4n) is 0. The van der Waals surface area contributed by atoms with E-state index in [-0.39, 0.29) is 0 Å². The van der Waals surface area contributed by atoms with Gasteiger partial charge in [-0.3, -0.25) is 0 Å². The zero-order valence-corrected chi connectivity index (χ0v) is 3.64. The first kappa shape index (κ1) is 1.17. The molecule has 4 heavy (non-hydrogen) atoms. The molecule has 1 atom stereocenters. The Bertz CT molecular complexity index is 84.7. The maximum atomic E-state index is 12.1. The molecule has 0 aromatic heterocycles. The van der Waals surface area contributed by atoms with Crippen molar-refractivity contribution in [2.45, 2.75) is 0 Å². The first-order chi connectivity index (χ1) is 3.20. The van der Waals surface area contributed by atoms with Crippen LogP contribution < -0.4 is 0 Å². The molecule has 0 aromatic rings. The van der Waals surface area contributed by atoms with Gasteiger partial charge in [-0.25, -0.2) is 0 Å². The molecule has 0 aliphatic rings. The Hall–Kier alpha value is 0.855. The van der Waals surface area contributed by atoms with Crippen molar-refractivity contribution < 1.29 is 4.20 Å². The fourth-order valence-corrected chi connectivity index (χ4v) is 0. The van der Waals surface area contributed by atoms with Gasteiger partial charge in [-0.15, -0.1) is 0 Å². The van der Waals surface area contributed by atoms with Crippen LogP contribution in [-0.2, 0) is 0 Å². The van der Waals surface area contributed by atoms with Gasteiger partial charge in [0.2, 0.25) is 0 Å². The Balaban J connectivity index is 4.14. The minimum absolute atomic E-state index is 2.75. The van der Waals surface area contributed by atoms with Crippen molar-refractivity contribution in [3.8, 4) is 0 Å². The Labute approximate surface area is 34.6 Å². The summed E-state index contributed by atoms with van der Waals surface area (Å²) in [6, 6.07) is 0. The van der Waals surface area contributed by atoms with Gasteiger partial charge >= 0.3 is 33.4 Å². The number of hydrogen-bond donors (Lipinski definition) is 0. The molecule has 0 aliphatic heterocycles. The topological polar surface area (TPSA) is 0 Å². The summed E-state index contributed by atoms with van der Waals surface area (Å²) in [7, 11) is -3.66. The third-order valence-corrected chi connectivity index (χ3v) is 0. The fraction of sp³-hybridized carbons (Fsp3) is 0. The molecule has 24 valence electrons. The van der Waals surface area contributed by atoms with Crippen LogP contribution in [0, 0.1) is 0 Å². The van der Waals surface area contributed by atoms with Gasteiger partial charge < -0.3 is 0 Å². The van der Waals surface area contributed by atoms with Crippen LogP contribution in [0.15, 0.2) is 0 Å². The second-order valence-electron chi connectivity index (χ2n) is 0.289. The summed E-state index contributed by atoms with van der Waals surface area (Å²) in [6.45, 7) is 0. The van der Waals surface area contributed by atoms with Gasteiger partial charge in [0.25, 0.3) is 0 Å². The molecule has 0 saturated carbocycles. The van der Waals surface area contributed by atoms with Crippen LogP contribution in [0.25, 0.3) is 0 Å². The van der Waals surface area contributed by atoms with Crippen LogP contribution >= 0.6 is 16.5 Å². The summed E-state index contributed by atoms with van der Waals surface area (Å²) in [6.07, 6.45) is 0. The standard InChI is InChI=1S/BFH4P2/c1-4(2)3/h3-4H2/i3TD,4TD. The molecular weight excluding hydrogens is 91.8 g/mol. The molecule has 0 fully saturated rings. The van der Waals surface area contributed by atoms with Gasteiger partial charge in [-0.05, 0) is 0 Å². The Morgan fingerprint density at radius 1 is 3.50 bits per heavy atom. The van der Waals surface area contributed by atoms with E-state index in [1.165, 1.54) is 0 Å². The van der Waals surface area contributed by atoms with Crippen LogP contribution in [-0.4, -0.2) is 12.7 Å². The van der Waals surface area contributed by atoms with E-state index in [4.69, 9.17) is 5.11 Å². The van der Waals surface area contributed by atoms with Gasteiger partial charge in [0.1, 0.15) is 0 Å². The van der Waals surface area contributed by atoms with Gasteiger partial charge in [-0.1, -0.05) is 0 Å². The van der Waals surface area contributed by atoms with Crippen molar-refractivity contribution >= 4 is 24.1 Å². The zero-order chi connectivity index (χ0) is 7.02. The van der Waals surface area contributed by atoms with Crippen molar-refractivity contribution in [2.24, 2.45) is 0 Å². The van der Waals surface area contributed by atoms with E-state index < -0.39 is 16.5 Å². The van der Waals surface area contributed by atoms with Gasteiger partial charge in [0.15, 0.2) is 0 Å². The molecule has 0 amide bonds. The number of rotatable bonds is 1. The summed E-state index contributed by atoms with van der Waals surface area (Å²) in [5.74, 6) is 0. The normalized spacial score (nSPS) is 43.8. The summed E-state index contributed by atoms with van der Waals surface area (Å²) >= 11 is 0. The first-order valence-electron chi connectivity index (χ1n) is 2.42. The molecule has 0 N–H and O–H groups in total. The molecule has 0 bridgehead atoms. The predicted octanol–water partition coefficient (Wildman–Crippen LogP) is 0.691. The van der Waals surface area contributed by atoms with E-state index in [9.17, 15) is 4.20 Å². The van der Waals surface area contributed by atoms with Crippen molar-refractivity contribution in [1.82, 2.24) is 0 Å². The van der Waals surface area contributed by atoms with E-state index in [0.29, 0.717) is 0 Å². The van der Waals surface area contributed by atoms with Crippen LogP contribution in [0.4, 0.5) is 4.20 Å². The van der Waals surface area contributed by atoms with Gasteiger partial charge in [-0.2, -0.15) is 0 Å². The molecule has 0 aliphatic carbocycles. The molecule has 0 rings (SSSR count). The molecule has 2 radical (unpaired) electrons. The molecular formula is H4BFP2. The van der Waals surface area contributed by atoms with Gasteiger partial charge in [0, 0.05) is 0 Å². The van der Waals surface area contributed by atoms with E-state index in [0.717, 1.165) is 0 Å². The third-order valence-electron chi connectivity index (χ3n) is 0. The maximum absolute atomic E-state index is 12.1. The van der Waals surface area contributed by atoms with E-state index in [1.54, 1.807) is 0 Å². The predicted molar refractivity (Wildman–Crippen MR) is 26.3 cm³/mol. The Morgan fingerprint density at radius 2 is 3.75 bits per heavy atom. The van der Waals surface area contributed by atoms with Crippen molar-refractivity contribution in [3.05, 3.63) is 0 Å². The minimum atomic E-state index is -5.29. The molecule has 0 heterocycles. The molecule has 4 heteroatoms. The van der Waals surface area contributed by atoms with Crippen LogP contribution in [0.5, 0.6) is 0 Å². The van der Waals surface area contributed by atoms with Crippen LogP contribution in [0.3, 0.4) is 0 Å². The quantitative estimate of drug-likeness (QED) is 0.337. The summed E-state index contributed by atoms with van der Waals surface area (Å²) in [5.41, 5.74) is 0. The van der Waals surface area contributed by atoms with Gasteiger partial charge in [0.05, 0.1) is 0 Å². The average molecular weight is 102 g/mol. The molecule has 0 aromatic carbocycles. The summed E-state index contributed by atoms with van der Waals surface area (Å²) in [5, 5.41) is 0. The van der Waals surface area contributed by atoms with E-state index in [2.05, 4.69) is 7.57 Å². The van der Waals surface area contributed by atoms with E-state index in [1.807, 2.05) is 0 Å². The molecule has 0 nitrogen and oxygen atoms in total. The van der Waals surface area contributed by atoms with Crippen LogP contribution in [0.2, 0.25) is 0 Å². The molecule has 1 unspecified atom stereocenters. The van der Waals surface area contributed by atoms with Crippen molar-refractivity contribution in [1.29, 1.82) is 5.11 Å². The Morgan fingerprint density at radius 3 is 3.75 bits per heavy atom. The average Bonchev–Trinajstić information content (AvgIpc) is 1.27. The van der Waals surface area contributed by atoms with Crippen molar-refractivity contribution in [3.63, 3.8) is 0 Å². The second kappa shape index (κ2) is 2.11. The first-order valence-corrected chi connectivity index (χ1v) is 3.08. The van der Waals surface area contributed by atoms with Crippen LogP contribution in [0.1, 0.15) is 0 Å². The monoisotopic (exact) mass is 102 g/mol. The number of hydrogen-bond acceptors (Lipinski definition) is 0. The summed E-state index contributed by atoms with van der Waals surface area (Å²) < 4.78 is 37.4. The molecule has 0 spiro atoms. The molecule has 0 saturated heterocycles. The van der Waals surface area contributed by atoms with E-state index >= 15 is 0 Å². The zero-order valence-electron chi connectivity index (χ0n) is 5.85. The SMILES string of the molecule is [2H]P([3H])P([2H])([3H])([B])F. The third kappa shape index (κ3) is 13.4.